The number of aliphatic imine (C=N–C) groups is 1. The summed E-state index contributed by atoms with van der Waals surface area (Å²) < 4.78 is 10.6. The van der Waals surface area contributed by atoms with Crippen molar-refractivity contribution in [1.29, 1.82) is 0 Å². The number of benzene rings is 2. The molecule has 0 spiro atoms. The van der Waals surface area contributed by atoms with E-state index in [1.165, 1.54) is 11.1 Å². The van der Waals surface area contributed by atoms with Gasteiger partial charge in [-0.05, 0) is 54.7 Å². The molecular weight excluding hydrogens is 314 g/mol. The zero-order valence-corrected chi connectivity index (χ0v) is 15.4. The second-order valence-electron chi connectivity index (χ2n) is 6.22. The van der Waals surface area contributed by atoms with Crippen molar-refractivity contribution < 1.29 is 9.47 Å². The summed E-state index contributed by atoms with van der Waals surface area (Å²) in [4.78, 5) is 4.45. The van der Waals surface area contributed by atoms with Crippen LogP contribution in [0.1, 0.15) is 18.1 Å². The summed E-state index contributed by atoms with van der Waals surface area (Å²) in [6.45, 7) is 4.85. The molecule has 0 fully saturated rings. The monoisotopic (exact) mass is 341 g/mol. The van der Waals surface area contributed by atoms with E-state index >= 15 is 0 Å². The molecule has 1 unspecified atom stereocenters. The maximum atomic E-state index is 5.98. The van der Waals surface area contributed by atoms with E-state index in [0.717, 1.165) is 23.6 Å². The fourth-order valence-electron chi connectivity index (χ4n) is 2.64. The third kappa shape index (κ3) is 5.71. The van der Waals surface area contributed by atoms with Crippen LogP contribution in [0.5, 0.6) is 11.5 Å². The molecule has 0 aliphatic carbocycles. The lowest BCUT2D eigenvalue weighted by molar-refractivity contribution is 0.354. The first-order valence-corrected chi connectivity index (χ1v) is 8.36. The lowest BCUT2D eigenvalue weighted by atomic mass is 10.0. The first-order valence-electron chi connectivity index (χ1n) is 8.36. The van der Waals surface area contributed by atoms with Gasteiger partial charge < -0.3 is 20.5 Å². The van der Waals surface area contributed by atoms with E-state index in [1.54, 1.807) is 14.2 Å². The zero-order chi connectivity index (χ0) is 18.2. The Morgan fingerprint density at radius 3 is 2.56 bits per heavy atom. The number of rotatable bonds is 7. The van der Waals surface area contributed by atoms with Gasteiger partial charge in [-0.15, -0.1) is 0 Å². The molecule has 0 aliphatic rings. The van der Waals surface area contributed by atoms with Gasteiger partial charge in [0.05, 0.1) is 14.2 Å². The van der Waals surface area contributed by atoms with Crippen molar-refractivity contribution in [1.82, 2.24) is 0 Å². The number of hydrogen-bond acceptors (Lipinski definition) is 3. The van der Waals surface area contributed by atoms with Gasteiger partial charge in [-0.2, -0.15) is 0 Å². The van der Waals surface area contributed by atoms with E-state index in [0.29, 0.717) is 18.4 Å². The minimum Gasteiger partial charge on any atom is -0.493 e. The third-order valence-corrected chi connectivity index (χ3v) is 3.90. The Labute approximate surface area is 149 Å². The van der Waals surface area contributed by atoms with Crippen molar-refractivity contribution in [3.63, 3.8) is 0 Å². The van der Waals surface area contributed by atoms with Crippen molar-refractivity contribution >= 4 is 11.6 Å². The predicted molar refractivity (Wildman–Crippen MR) is 104 cm³/mol. The molecular formula is C20H27N3O2. The fraction of sp³-hybridized carbons (Fsp3) is 0.350. The number of guanidine groups is 1. The number of anilines is 1. The third-order valence-electron chi connectivity index (χ3n) is 3.90. The molecule has 0 radical (unpaired) electrons. The number of nitrogens with one attached hydrogen (secondary N) is 1. The van der Waals surface area contributed by atoms with E-state index in [2.05, 4.69) is 23.3 Å². The molecule has 5 nitrogen and oxygen atoms in total. The minimum atomic E-state index is 0.357. The molecule has 0 saturated carbocycles. The maximum absolute atomic E-state index is 5.98. The SMILES string of the molecule is COc1ccc(CC(C)CN=C(N)Nc2cccc(C)c2)cc1OC. The largest absolute Gasteiger partial charge is 0.493 e. The molecule has 134 valence electrons. The Hall–Kier alpha value is -2.69. The van der Waals surface area contributed by atoms with Gasteiger partial charge in [0, 0.05) is 12.2 Å². The second kappa shape index (κ2) is 8.97. The average molecular weight is 341 g/mol. The summed E-state index contributed by atoms with van der Waals surface area (Å²) in [5.41, 5.74) is 9.30. The summed E-state index contributed by atoms with van der Waals surface area (Å²) in [5.74, 6) is 2.28. The smallest absolute Gasteiger partial charge is 0.193 e. The van der Waals surface area contributed by atoms with Crippen LogP contribution in [0.2, 0.25) is 0 Å². The first kappa shape index (κ1) is 18.6. The summed E-state index contributed by atoms with van der Waals surface area (Å²) >= 11 is 0. The lowest BCUT2D eigenvalue weighted by Crippen LogP contribution is -2.23. The van der Waals surface area contributed by atoms with Crippen LogP contribution in [0.25, 0.3) is 0 Å². The van der Waals surface area contributed by atoms with Crippen LogP contribution < -0.4 is 20.5 Å². The number of methoxy groups -OCH3 is 2. The van der Waals surface area contributed by atoms with Crippen molar-refractivity contribution in [2.45, 2.75) is 20.3 Å². The van der Waals surface area contributed by atoms with Crippen molar-refractivity contribution in [2.24, 2.45) is 16.6 Å². The van der Waals surface area contributed by atoms with Crippen LogP contribution in [-0.4, -0.2) is 26.7 Å². The highest BCUT2D eigenvalue weighted by molar-refractivity contribution is 5.92. The molecule has 0 aromatic heterocycles. The molecule has 2 aromatic rings. The van der Waals surface area contributed by atoms with Crippen LogP contribution in [0.3, 0.4) is 0 Å². The molecule has 0 amide bonds. The van der Waals surface area contributed by atoms with Crippen molar-refractivity contribution in [2.75, 3.05) is 26.1 Å². The van der Waals surface area contributed by atoms with Gasteiger partial charge in [-0.25, -0.2) is 0 Å². The van der Waals surface area contributed by atoms with Gasteiger partial charge in [-0.1, -0.05) is 25.1 Å². The van der Waals surface area contributed by atoms with E-state index in [1.807, 2.05) is 43.3 Å². The van der Waals surface area contributed by atoms with Gasteiger partial charge in [0.1, 0.15) is 0 Å². The van der Waals surface area contributed by atoms with E-state index in [4.69, 9.17) is 15.2 Å². The molecule has 2 aromatic carbocycles. The Morgan fingerprint density at radius 1 is 1.12 bits per heavy atom. The Bertz CT molecular complexity index is 729. The minimum absolute atomic E-state index is 0.357. The molecule has 25 heavy (non-hydrogen) atoms. The van der Waals surface area contributed by atoms with Crippen LogP contribution >= 0.6 is 0 Å². The summed E-state index contributed by atoms with van der Waals surface area (Å²) in [6.07, 6.45) is 0.890. The second-order valence-corrected chi connectivity index (χ2v) is 6.22. The van der Waals surface area contributed by atoms with Gasteiger partial charge in [0.2, 0.25) is 0 Å². The lowest BCUT2D eigenvalue weighted by Gasteiger charge is -2.13. The highest BCUT2D eigenvalue weighted by atomic mass is 16.5. The van der Waals surface area contributed by atoms with Gasteiger partial charge in [0.15, 0.2) is 17.5 Å². The number of aryl methyl sites for hydroxylation is 1. The summed E-state index contributed by atoms with van der Waals surface area (Å²) in [5, 5.41) is 3.13. The highest BCUT2D eigenvalue weighted by Crippen LogP contribution is 2.28. The fourth-order valence-corrected chi connectivity index (χ4v) is 2.64. The normalized spacial score (nSPS) is 12.6. The Morgan fingerprint density at radius 2 is 1.88 bits per heavy atom. The maximum Gasteiger partial charge on any atom is 0.193 e. The van der Waals surface area contributed by atoms with Crippen molar-refractivity contribution in [3.8, 4) is 11.5 Å². The van der Waals surface area contributed by atoms with Crippen LogP contribution in [0.4, 0.5) is 5.69 Å². The molecule has 0 bridgehead atoms. The molecule has 5 heteroatoms. The first-order chi connectivity index (χ1) is 12.0. The standard InChI is InChI=1S/C20H27N3O2/c1-14-6-5-7-17(11-14)23-20(21)22-13-15(2)10-16-8-9-18(24-3)19(12-16)25-4/h5-9,11-12,15H,10,13H2,1-4H3,(H3,21,22,23). The summed E-state index contributed by atoms with van der Waals surface area (Å²) in [6, 6.07) is 14.0. The molecule has 0 saturated heterocycles. The average Bonchev–Trinajstić information content (AvgIpc) is 2.60. The van der Waals surface area contributed by atoms with E-state index in [9.17, 15) is 0 Å². The predicted octanol–water partition coefficient (Wildman–Crippen LogP) is 3.62. The summed E-state index contributed by atoms with van der Waals surface area (Å²) in [7, 11) is 3.28. The highest BCUT2D eigenvalue weighted by Gasteiger charge is 2.08. The number of nitrogens with zero attached hydrogens (tertiary/aromatic N) is 1. The topological polar surface area (TPSA) is 68.9 Å². The molecule has 2 rings (SSSR count). The number of hydrogen-bond donors (Lipinski definition) is 2. The molecule has 0 heterocycles. The van der Waals surface area contributed by atoms with Crippen LogP contribution in [0, 0.1) is 12.8 Å². The van der Waals surface area contributed by atoms with Crippen molar-refractivity contribution in [3.05, 3.63) is 53.6 Å². The van der Waals surface area contributed by atoms with Crippen LogP contribution in [0.15, 0.2) is 47.5 Å². The number of ether oxygens (including phenoxy) is 2. The Balaban J connectivity index is 1.92. The Kier molecular flexibility index (Phi) is 6.69. The van der Waals surface area contributed by atoms with E-state index < -0.39 is 0 Å². The molecule has 1 atom stereocenters. The number of nitrogens with two attached hydrogens (primary N) is 1. The molecule has 3 N–H and O–H groups in total. The van der Waals surface area contributed by atoms with Gasteiger partial charge >= 0.3 is 0 Å². The molecule has 0 aliphatic heterocycles. The van der Waals surface area contributed by atoms with E-state index in [-0.39, 0.29) is 0 Å². The zero-order valence-electron chi connectivity index (χ0n) is 15.4. The van der Waals surface area contributed by atoms with Crippen LogP contribution in [-0.2, 0) is 6.42 Å². The van der Waals surface area contributed by atoms with Gasteiger partial charge in [0.25, 0.3) is 0 Å². The quantitative estimate of drug-likeness (QED) is 0.596. The van der Waals surface area contributed by atoms with Gasteiger partial charge in [-0.3, -0.25) is 4.99 Å².